The number of methoxy groups -OCH3 is 1. The highest BCUT2D eigenvalue weighted by Crippen LogP contribution is 2.28. The number of ether oxygens (including phenoxy) is 1. The molecule has 0 fully saturated rings. The van der Waals surface area contributed by atoms with Gasteiger partial charge in [-0.25, -0.2) is 13.2 Å². The zero-order valence-electron chi connectivity index (χ0n) is 14.1. The van der Waals surface area contributed by atoms with Crippen molar-refractivity contribution in [3.05, 3.63) is 52.5 Å². The molecule has 7 nitrogen and oxygen atoms in total. The highest BCUT2D eigenvalue weighted by molar-refractivity contribution is 7.92. The number of anilines is 1. The number of nitrogens with one attached hydrogen (secondary N) is 1. The van der Waals surface area contributed by atoms with E-state index >= 15 is 0 Å². The van der Waals surface area contributed by atoms with Crippen molar-refractivity contribution in [2.75, 3.05) is 11.8 Å². The number of benzene rings is 2. The van der Waals surface area contributed by atoms with E-state index in [0.29, 0.717) is 23.5 Å². The molecule has 25 heavy (non-hydrogen) atoms. The molecular formula is C17H18N2O5S. The van der Waals surface area contributed by atoms with Crippen molar-refractivity contribution in [3.8, 4) is 5.75 Å². The molecule has 1 aromatic heterocycles. The molecule has 0 spiro atoms. The minimum Gasteiger partial charge on any atom is -0.495 e. The summed E-state index contributed by atoms with van der Waals surface area (Å²) >= 11 is 0. The topological polar surface area (TPSA) is 90.5 Å². The molecule has 8 heteroatoms. The molecular weight excluding hydrogens is 344 g/mol. The number of aromatic nitrogens is 1. The maximum absolute atomic E-state index is 12.7. The van der Waals surface area contributed by atoms with E-state index in [1.54, 1.807) is 18.2 Å². The predicted molar refractivity (Wildman–Crippen MR) is 94.7 cm³/mol. The van der Waals surface area contributed by atoms with Gasteiger partial charge in [-0.2, -0.15) is 0 Å². The number of oxazole rings is 1. The van der Waals surface area contributed by atoms with E-state index in [4.69, 9.17) is 9.15 Å². The van der Waals surface area contributed by atoms with Gasteiger partial charge in [0.25, 0.3) is 10.0 Å². The fraction of sp³-hybridized carbons (Fsp3) is 0.235. The number of hydrogen-bond donors (Lipinski definition) is 1. The Bertz CT molecular complexity index is 1100. The van der Waals surface area contributed by atoms with Crippen LogP contribution in [0.2, 0.25) is 0 Å². The van der Waals surface area contributed by atoms with Gasteiger partial charge in [0.05, 0.1) is 23.2 Å². The van der Waals surface area contributed by atoms with Gasteiger partial charge in [0.2, 0.25) is 0 Å². The third-order valence-electron chi connectivity index (χ3n) is 3.87. The summed E-state index contributed by atoms with van der Waals surface area (Å²) in [6.07, 6.45) is 0. The molecule has 0 aliphatic rings. The van der Waals surface area contributed by atoms with E-state index in [1.165, 1.54) is 23.8 Å². The summed E-state index contributed by atoms with van der Waals surface area (Å²) in [5.74, 6) is -0.0979. The van der Waals surface area contributed by atoms with Crippen LogP contribution in [0, 0.1) is 6.92 Å². The number of rotatable bonds is 5. The summed E-state index contributed by atoms with van der Waals surface area (Å²) in [6.45, 7) is 4.11. The molecule has 3 aromatic rings. The molecule has 0 aliphatic heterocycles. The molecule has 0 unspecified atom stereocenters. The van der Waals surface area contributed by atoms with Crippen LogP contribution in [0.25, 0.3) is 11.1 Å². The highest BCUT2D eigenvalue weighted by Gasteiger charge is 2.19. The molecule has 1 heterocycles. The lowest BCUT2D eigenvalue weighted by molar-refractivity contribution is 0.417. The standard InChI is InChI=1S/C17H18N2O5S/c1-4-19-14-7-6-12(10-16(14)24-17(19)20)25(21,22)18-13-9-11(2)5-8-15(13)23-3/h5-10,18H,4H2,1-3H3. The first kappa shape index (κ1) is 17.1. The number of fused-ring (bicyclic) bond motifs is 1. The van der Waals surface area contributed by atoms with Gasteiger partial charge in [0.15, 0.2) is 5.58 Å². The van der Waals surface area contributed by atoms with Gasteiger partial charge in [-0.05, 0) is 43.7 Å². The first-order valence-corrected chi connectivity index (χ1v) is 9.15. The summed E-state index contributed by atoms with van der Waals surface area (Å²) in [6, 6.07) is 9.54. The Balaban J connectivity index is 2.05. The normalized spacial score (nSPS) is 11.6. The van der Waals surface area contributed by atoms with Gasteiger partial charge < -0.3 is 9.15 Å². The molecule has 0 amide bonds. The van der Waals surface area contributed by atoms with Gasteiger partial charge in [0, 0.05) is 12.6 Å². The Labute approximate surface area is 144 Å². The van der Waals surface area contributed by atoms with Crippen LogP contribution in [0.1, 0.15) is 12.5 Å². The van der Waals surface area contributed by atoms with E-state index in [0.717, 1.165) is 5.56 Å². The number of nitrogens with zero attached hydrogens (tertiary/aromatic N) is 1. The summed E-state index contributed by atoms with van der Waals surface area (Å²) in [5, 5.41) is 0. The van der Waals surface area contributed by atoms with E-state index in [1.807, 2.05) is 19.9 Å². The van der Waals surface area contributed by atoms with Crippen molar-refractivity contribution in [3.63, 3.8) is 0 Å². The zero-order chi connectivity index (χ0) is 18.2. The molecule has 2 aromatic carbocycles. The fourth-order valence-electron chi connectivity index (χ4n) is 2.62. The quantitative estimate of drug-likeness (QED) is 0.754. The van der Waals surface area contributed by atoms with Crippen molar-refractivity contribution in [2.45, 2.75) is 25.3 Å². The molecule has 0 aliphatic carbocycles. The highest BCUT2D eigenvalue weighted by atomic mass is 32.2. The van der Waals surface area contributed by atoms with Gasteiger partial charge in [-0.3, -0.25) is 9.29 Å². The summed E-state index contributed by atoms with van der Waals surface area (Å²) in [4.78, 5) is 11.8. The van der Waals surface area contributed by atoms with Crippen LogP contribution in [0.15, 0.2) is 50.5 Å². The van der Waals surface area contributed by atoms with Gasteiger partial charge in [-0.1, -0.05) is 6.07 Å². The molecule has 0 atom stereocenters. The second-order valence-electron chi connectivity index (χ2n) is 5.55. The zero-order valence-corrected chi connectivity index (χ0v) is 14.9. The monoisotopic (exact) mass is 362 g/mol. The Kier molecular flexibility index (Phi) is 4.30. The Morgan fingerprint density at radius 2 is 1.96 bits per heavy atom. The molecule has 0 saturated heterocycles. The van der Waals surface area contributed by atoms with Crippen LogP contribution in [0.3, 0.4) is 0 Å². The maximum atomic E-state index is 12.7. The molecule has 0 bridgehead atoms. The molecule has 1 N–H and O–H groups in total. The lowest BCUT2D eigenvalue weighted by Crippen LogP contribution is -2.14. The van der Waals surface area contributed by atoms with Crippen LogP contribution in [-0.2, 0) is 16.6 Å². The minimum atomic E-state index is -3.87. The molecule has 0 saturated carbocycles. The lowest BCUT2D eigenvalue weighted by Gasteiger charge is -2.12. The molecule has 132 valence electrons. The van der Waals surface area contributed by atoms with E-state index < -0.39 is 15.8 Å². The van der Waals surface area contributed by atoms with E-state index in [-0.39, 0.29) is 10.5 Å². The van der Waals surface area contributed by atoms with Crippen LogP contribution in [-0.4, -0.2) is 20.1 Å². The van der Waals surface area contributed by atoms with Crippen molar-refractivity contribution < 1.29 is 17.6 Å². The van der Waals surface area contributed by atoms with Crippen molar-refractivity contribution in [1.82, 2.24) is 4.57 Å². The average molecular weight is 362 g/mol. The summed E-state index contributed by atoms with van der Waals surface area (Å²) in [7, 11) is -2.40. The smallest absolute Gasteiger partial charge is 0.419 e. The first-order valence-electron chi connectivity index (χ1n) is 7.66. The second-order valence-corrected chi connectivity index (χ2v) is 7.23. The Morgan fingerprint density at radius 3 is 2.64 bits per heavy atom. The van der Waals surface area contributed by atoms with Gasteiger partial charge >= 0.3 is 5.76 Å². The van der Waals surface area contributed by atoms with Gasteiger partial charge in [-0.15, -0.1) is 0 Å². The van der Waals surface area contributed by atoms with Crippen LogP contribution in [0.4, 0.5) is 5.69 Å². The number of sulfonamides is 1. The van der Waals surface area contributed by atoms with Crippen LogP contribution < -0.4 is 15.2 Å². The van der Waals surface area contributed by atoms with Crippen molar-refractivity contribution >= 4 is 26.8 Å². The van der Waals surface area contributed by atoms with Gasteiger partial charge in [0.1, 0.15) is 5.75 Å². The third kappa shape index (κ3) is 3.12. The van der Waals surface area contributed by atoms with Crippen LogP contribution in [0.5, 0.6) is 5.75 Å². The predicted octanol–water partition coefficient (Wildman–Crippen LogP) is 2.73. The van der Waals surface area contributed by atoms with Crippen LogP contribution >= 0.6 is 0 Å². The maximum Gasteiger partial charge on any atom is 0.419 e. The summed E-state index contributed by atoms with van der Waals surface area (Å²) < 4.78 is 39.7. The first-order chi connectivity index (χ1) is 11.9. The van der Waals surface area contributed by atoms with Crippen molar-refractivity contribution in [1.29, 1.82) is 0 Å². The van der Waals surface area contributed by atoms with Crippen molar-refractivity contribution in [2.24, 2.45) is 0 Å². The SMILES string of the molecule is CCn1c(=O)oc2cc(S(=O)(=O)Nc3cc(C)ccc3OC)ccc21. The molecule has 0 radical (unpaired) electrons. The van der Waals surface area contributed by atoms with E-state index in [9.17, 15) is 13.2 Å². The van der Waals surface area contributed by atoms with E-state index in [2.05, 4.69) is 4.72 Å². The second kappa shape index (κ2) is 6.29. The minimum absolute atomic E-state index is 0.000521. The largest absolute Gasteiger partial charge is 0.495 e. The third-order valence-corrected chi connectivity index (χ3v) is 5.23. The number of aryl methyl sites for hydroxylation is 2. The number of hydrogen-bond acceptors (Lipinski definition) is 5. The Morgan fingerprint density at radius 1 is 1.20 bits per heavy atom. The lowest BCUT2D eigenvalue weighted by atomic mass is 10.2. The molecule has 3 rings (SSSR count). The average Bonchev–Trinajstić information content (AvgIpc) is 2.88. The fourth-order valence-corrected chi connectivity index (χ4v) is 3.69. The summed E-state index contributed by atoms with van der Waals surface area (Å²) in [5.41, 5.74) is 2.01. The Hall–Kier alpha value is -2.74.